The van der Waals surface area contributed by atoms with Crippen LogP contribution in [0.3, 0.4) is 0 Å². The fourth-order valence-electron chi connectivity index (χ4n) is 2.87. The van der Waals surface area contributed by atoms with E-state index in [1.165, 1.54) is 22.7 Å². The number of hydrogen-bond donors (Lipinski definition) is 0. The van der Waals surface area contributed by atoms with Crippen LogP contribution < -0.4 is 0 Å². The summed E-state index contributed by atoms with van der Waals surface area (Å²) in [5, 5.41) is 5.61. The first-order chi connectivity index (χ1) is 10.8. The van der Waals surface area contributed by atoms with Crippen molar-refractivity contribution in [2.75, 3.05) is 0 Å². The molecule has 2 heterocycles. The molecule has 0 saturated heterocycles. The SMILES string of the molecule is O=C(c1csnn1)N1Cc2ccccc2-c2ccccc2C1. The highest BCUT2D eigenvalue weighted by atomic mass is 32.1. The number of fused-ring (bicyclic) bond motifs is 3. The summed E-state index contributed by atoms with van der Waals surface area (Å²) in [5.74, 6) is -0.0692. The number of aromatic nitrogens is 2. The molecule has 108 valence electrons. The summed E-state index contributed by atoms with van der Waals surface area (Å²) in [7, 11) is 0. The van der Waals surface area contributed by atoms with E-state index in [1.54, 1.807) is 5.38 Å². The quantitative estimate of drug-likeness (QED) is 0.692. The van der Waals surface area contributed by atoms with E-state index in [-0.39, 0.29) is 5.91 Å². The molecular formula is C17H13N3OS. The molecule has 0 saturated carbocycles. The Hall–Kier alpha value is -2.53. The molecule has 1 aromatic heterocycles. The molecule has 0 radical (unpaired) electrons. The van der Waals surface area contributed by atoms with Gasteiger partial charge in [0.2, 0.25) is 0 Å². The minimum absolute atomic E-state index is 0.0692. The Balaban J connectivity index is 1.82. The van der Waals surface area contributed by atoms with E-state index >= 15 is 0 Å². The highest BCUT2D eigenvalue weighted by Crippen LogP contribution is 2.32. The standard InChI is InChI=1S/C17H13N3OS/c21-17(16-11-22-19-18-16)20-9-12-5-1-3-7-14(12)15-8-4-2-6-13(15)10-20/h1-8,11H,9-10H2. The molecule has 0 aliphatic carbocycles. The fraction of sp³-hybridized carbons (Fsp3) is 0.118. The van der Waals surface area contributed by atoms with E-state index in [9.17, 15) is 4.79 Å². The summed E-state index contributed by atoms with van der Waals surface area (Å²) < 4.78 is 3.79. The maximum atomic E-state index is 12.7. The van der Waals surface area contributed by atoms with E-state index in [0.717, 1.165) is 11.1 Å². The van der Waals surface area contributed by atoms with Crippen molar-refractivity contribution in [2.45, 2.75) is 13.1 Å². The first kappa shape index (κ1) is 13.2. The van der Waals surface area contributed by atoms with Crippen LogP contribution in [0.2, 0.25) is 0 Å². The van der Waals surface area contributed by atoms with Crippen molar-refractivity contribution in [1.82, 2.24) is 14.5 Å². The average Bonchev–Trinajstić information content (AvgIpc) is 3.03. The second kappa shape index (κ2) is 5.35. The van der Waals surface area contributed by atoms with Crippen LogP contribution in [0.15, 0.2) is 53.9 Å². The van der Waals surface area contributed by atoms with Crippen LogP contribution in [0, 0.1) is 0 Å². The van der Waals surface area contributed by atoms with Gasteiger partial charge >= 0.3 is 0 Å². The van der Waals surface area contributed by atoms with Crippen molar-refractivity contribution in [3.63, 3.8) is 0 Å². The first-order valence-electron chi connectivity index (χ1n) is 7.05. The molecule has 22 heavy (non-hydrogen) atoms. The Morgan fingerprint density at radius 1 is 0.955 bits per heavy atom. The van der Waals surface area contributed by atoms with Gasteiger partial charge in [-0.25, -0.2) is 0 Å². The lowest BCUT2D eigenvalue weighted by atomic mass is 9.97. The van der Waals surface area contributed by atoms with E-state index in [1.807, 2.05) is 29.2 Å². The fourth-order valence-corrected chi connectivity index (χ4v) is 3.30. The summed E-state index contributed by atoms with van der Waals surface area (Å²) in [6.07, 6.45) is 0. The van der Waals surface area contributed by atoms with Gasteiger partial charge in [0, 0.05) is 18.5 Å². The lowest BCUT2D eigenvalue weighted by molar-refractivity contribution is 0.0726. The number of carbonyl (C=O) groups is 1. The van der Waals surface area contributed by atoms with E-state index in [4.69, 9.17) is 0 Å². The van der Waals surface area contributed by atoms with Gasteiger partial charge in [-0.05, 0) is 33.8 Å². The Labute approximate surface area is 132 Å². The monoisotopic (exact) mass is 307 g/mol. The van der Waals surface area contributed by atoms with Gasteiger partial charge in [0.05, 0.1) is 0 Å². The van der Waals surface area contributed by atoms with Crippen LogP contribution in [-0.2, 0) is 13.1 Å². The summed E-state index contributed by atoms with van der Waals surface area (Å²) in [5.41, 5.74) is 5.13. The third-order valence-electron chi connectivity index (χ3n) is 3.91. The van der Waals surface area contributed by atoms with Crippen LogP contribution in [0.25, 0.3) is 11.1 Å². The van der Waals surface area contributed by atoms with E-state index in [2.05, 4.69) is 33.9 Å². The minimum atomic E-state index is -0.0692. The Morgan fingerprint density at radius 2 is 1.55 bits per heavy atom. The summed E-state index contributed by atoms with van der Waals surface area (Å²) in [6, 6.07) is 16.5. The molecule has 0 spiro atoms. The zero-order valence-corrected chi connectivity index (χ0v) is 12.6. The van der Waals surface area contributed by atoms with Gasteiger partial charge in [-0.15, -0.1) is 5.10 Å². The maximum absolute atomic E-state index is 12.7. The van der Waals surface area contributed by atoms with Crippen LogP contribution in [-0.4, -0.2) is 20.4 Å². The van der Waals surface area contributed by atoms with Crippen molar-refractivity contribution in [1.29, 1.82) is 0 Å². The van der Waals surface area contributed by atoms with Gasteiger partial charge < -0.3 is 4.90 Å². The number of hydrogen-bond acceptors (Lipinski definition) is 4. The molecular weight excluding hydrogens is 294 g/mol. The van der Waals surface area contributed by atoms with E-state index in [0.29, 0.717) is 18.8 Å². The first-order valence-corrected chi connectivity index (χ1v) is 7.89. The molecule has 1 aliphatic rings. The normalized spacial score (nSPS) is 13.2. The lowest BCUT2D eigenvalue weighted by Gasteiger charge is -2.20. The van der Waals surface area contributed by atoms with E-state index < -0.39 is 0 Å². The topological polar surface area (TPSA) is 46.1 Å². The molecule has 3 aromatic rings. The molecule has 0 N–H and O–H groups in total. The van der Waals surface area contributed by atoms with Gasteiger partial charge in [0.1, 0.15) is 0 Å². The highest BCUT2D eigenvalue weighted by Gasteiger charge is 2.24. The Morgan fingerprint density at radius 3 is 2.09 bits per heavy atom. The zero-order valence-electron chi connectivity index (χ0n) is 11.8. The van der Waals surface area contributed by atoms with Gasteiger partial charge in [-0.2, -0.15) is 0 Å². The van der Waals surface area contributed by atoms with Crippen molar-refractivity contribution >= 4 is 17.4 Å². The second-order valence-corrected chi connectivity index (χ2v) is 5.88. The molecule has 0 fully saturated rings. The summed E-state index contributed by atoms with van der Waals surface area (Å²) in [6.45, 7) is 1.17. The maximum Gasteiger partial charge on any atom is 0.275 e. The van der Waals surface area contributed by atoms with Crippen LogP contribution >= 0.6 is 11.5 Å². The molecule has 0 unspecified atom stereocenters. The second-order valence-electron chi connectivity index (χ2n) is 5.27. The zero-order chi connectivity index (χ0) is 14.9. The Kier molecular flexibility index (Phi) is 3.20. The molecule has 4 nitrogen and oxygen atoms in total. The van der Waals surface area contributed by atoms with Crippen molar-refractivity contribution in [3.8, 4) is 11.1 Å². The Bertz CT molecular complexity index is 782. The third kappa shape index (κ3) is 2.19. The van der Waals surface area contributed by atoms with Gasteiger partial charge in [-0.1, -0.05) is 53.0 Å². The largest absolute Gasteiger partial charge is 0.329 e. The van der Waals surface area contributed by atoms with Crippen LogP contribution in [0.4, 0.5) is 0 Å². The molecule has 4 rings (SSSR count). The number of carbonyl (C=O) groups excluding carboxylic acids is 1. The predicted molar refractivity (Wildman–Crippen MR) is 85.4 cm³/mol. The highest BCUT2D eigenvalue weighted by molar-refractivity contribution is 7.03. The smallest absolute Gasteiger partial charge is 0.275 e. The molecule has 1 aliphatic heterocycles. The van der Waals surface area contributed by atoms with Crippen molar-refractivity contribution in [3.05, 3.63) is 70.7 Å². The van der Waals surface area contributed by atoms with Gasteiger partial charge in [-0.3, -0.25) is 4.79 Å². The number of rotatable bonds is 1. The van der Waals surface area contributed by atoms with Gasteiger partial charge in [0.15, 0.2) is 5.69 Å². The summed E-state index contributed by atoms with van der Waals surface area (Å²) >= 11 is 1.20. The lowest BCUT2D eigenvalue weighted by Crippen LogP contribution is -2.29. The van der Waals surface area contributed by atoms with Gasteiger partial charge in [0.25, 0.3) is 5.91 Å². The molecule has 2 aromatic carbocycles. The van der Waals surface area contributed by atoms with Crippen LogP contribution in [0.5, 0.6) is 0 Å². The third-order valence-corrected chi connectivity index (χ3v) is 4.42. The predicted octanol–water partition coefficient (Wildman–Crippen LogP) is 3.36. The number of nitrogens with zero attached hydrogens (tertiary/aromatic N) is 3. The minimum Gasteiger partial charge on any atom is -0.329 e. The number of benzene rings is 2. The molecule has 1 amide bonds. The molecule has 5 heteroatoms. The van der Waals surface area contributed by atoms with Crippen molar-refractivity contribution in [2.24, 2.45) is 0 Å². The molecule has 0 bridgehead atoms. The molecule has 0 atom stereocenters. The van der Waals surface area contributed by atoms with Crippen molar-refractivity contribution < 1.29 is 4.79 Å². The number of amides is 1. The summed E-state index contributed by atoms with van der Waals surface area (Å²) in [4.78, 5) is 14.5. The van der Waals surface area contributed by atoms with Crippen LogP contribution in [0.1, 0.15) is 21.6 Å². The average molecular weight is 307 g/mol.